The molecule has 0 unspecified atom stereocenters. The number of aryl methyl sites for hydroxylation is 1. The molecule has 0 saturated carbocycles. The van der Waals surface area contributed by atoms with Crippen LogP contribution in [0.3, 0.4) is 0 Å². The average molecular weight is 257 g/mol. The van der Waals surface area contributed by atoms with E-state index in [4.69, 9.17) is 4.42 Å². The van der Waals surface area contributed by atoms with Gasteiger partial charge in [-0.25, -0.2) is 0 Å². The normalized spacial score (nSPS) is 10.8. The van der Waals surface area contributed by atoms with Crippen LogP contribution in [0.4, 0.5) is 0 Å². The third-order valence-electron chi connectivity index (χ3n) is 3.26. The van der Waals surface area contributed by atoms with E-state index in [9.17, 15) is 0 Å². The highest BCUT2D eigenvalue weighted by atomic mass is 16.3. The van der Waals surface area contributed by atoms with Gasteiger partial charge in [-0.1, -0.05) is 44.5 Å². The number of hydrogen-bond donors (Lipinski definition) is 1. The van der Waals surface area contributed by atoms with Crippen LogP contribution in [0.25, 0.3) is 11.1 Å². The summed E-state index contributed by atoms with van der Waals surface area (Å²) in [6, 6.07) is 10.9. The second kappa shape index (κ2) is 7.15. The molecule has 0 atom stereocenters. The molecule has 0 aliphatic rings. The SMILES string of the molecule is CCCNCc1occc1-c1ccc(CCC)cc1. The quantitative estimate of drug-likeness (QED) is 0.744. The maximum Gasteiger partial charge on any atom is 0.125 e. The van der Waals surface area contributed by atoms with Crippen LogP contribution in [0.1, 0.15) is 38.0 Å². The monoisotopic (exact) mass is 257 g/mol. The maximum absolute atomic E-state index is 5.58. The smallest absolute Gasteiger partial charge is 0.125 e. The minimum absolute atomic E-state index is 0.798. The van der Waals surface area contributed by atoms with Gasteiger partial charge in [0.2, 0.25) is 0 Å². The lowest BCUT2D eigenvalue weighted by Crippen LogP contribution is -2.13. The minimum Gasteiger partial charge on any atom is -0.467 e. The van der Waals surface area contributed by atoms with E-state index in [2.05, 4.69) is 49.5 Å². The summed E-state index contributed by atoms with van der Waals surface area (Å²) >= 11 is 0. The summed E-state index contributed by atoms with van der Waals surface area (Å²) in [4.78, 5) is 0. The van der Waals surface area contributed by atoms with Crippen LogP contribution in [0.15, 0.2) is 41.0 Å². The molecule has 1 N–H and O–H groups in total. The molecule has 0 aliphatic carbocycles. The van der Waals surface area contributed by atoms with Gasteiger partial charge in [0.15, 0.2) is 0 Å². The molecule has 0 radical (unpaired) electrons. The fraction of sp³-hybridized carbons (Fsp3) is 0.412. The van der Waals surface area contributed by atoms with E-state index in [1.54, 1.807) is 6.26 Å². The van der Waals surface area contributed by atoms with Crippen molar-refractivity contribution in [3.63, 3.8) is 0 Å². The van der Waals surface area contributed by atoms with Crippen LogP contribution in [0.5, 0.6) is 0 Å². The third kappa shape index (κ3) is 3.71. The van der Waals surface area contributed by atoms with E-state index in [0.717, 1.165) is 31.7 Å². The largest absolute Gasteiger partial charge is 0.467 e. The first-order chi connectivity index (χ1) is 9.35. The molecule has 2 aromatic rings. The van der Waals surface area contributed by atoms with E-state index in [1.165, 1.54) is 23.1 Å². The highest BCUT2D eigenvalue weighted by Gasteiger charge is 2.08. The second-order valence-corrected chi connectivity index (χ2v) is 4.88. The summed E-state index contributed by atoms with van der Waals surface area (Å²) in [6.07, 6.45) is 5.26. The Morgan fingerprint density at radius 2 is 1.79 bits per heavy atom. The van der Waals surface area contributed by atoms with Gasteiger partial charge in [0.05, 0.1) is 12.8 Å². The molecule has 0 aliphatic heterocycles. The predicted octanol–water partition coefficient (Wildman–Crippen LogP) is 4.40. The topological polar surface area (TPSA) is 25.2 Å². The summed E-state index contributed by atoms with van der Waals surface area (Å²) in [7, 11) is 0. The summed E-state index contributed by atoms with van der Waals surface area (Å²) in [6.45, 7) is 6.20. The summed E-state index contributed by atoms with van der Waals surface area (Å²) < 4.78 is 5.58. The van der Waals surface area contributed by atoms with Gasteiger partial charge < -0.3 is 9.73 Å². The number of nitrogens with one attached hydrogen (secondary N) is 1. The van der Waals surface area contributed by atoms with Crippen molar-refractivity contribution < 1.29 is 4.42 Å². The Morgan fingerprint density at radius 1 is 1.00 bits per heavy atom. The Balaban J connectivity index is 2.10. The van der Waals surface area contributed by atoms with Crippen LogP contribution in [-0.4, -0.2) is 6.54 Å². The Morgan fingerprint density at radius 3 is 2.47 bits per heavy atom. The lowest BCUT2D eigenvalue weighted by atomic mass is 10.0. The highest BCUT2D eigenvalue weighted by molar-refractivity contribution is 5.65. The first kappa shape index (κ1) is 13.9. The average Bonchev–Trinajstić information content (AvgIpc) is 2.89. The zero-order valence-corrected chi connectivity index (χ0v) is 11.9. The Kier molecular flexibility index (Phi) is 5.22. The molecular weight excluding hydrogens is 234 g/mol. The van der Waals surface area contributed by atoms with Crippen LogP contribution in [-0.2, 0) is 13.0 Å². The Labute approximate surface area is 115 Å². The lowest BCUT2D eigenvalue weighted by molar-refractivity contribution is 0.484. The predicted molar refractivity (Wildman–Crippen MR) is 80.1 cm³/mol. The van der Waals surface area contributed by atoms with Gasteiger partial charge in [0.25, 0.3) is 0 Å². The molecule has 2 heteroatoms. The van der Waals surface area contributed by atoms with E-state index in [-0.39, 0.29) is 0 Å². The van der Waals surface area contributed by atoms with Gasteiger partial charge in [0, 0.05) is 5.56 Å². The molecule has 19 heavy (non-hydrogen) atoms. The van der Waals surface area contributed by atoms with Crippen molar-refractivity contribution in [2.75, 3.05) is 6.54 Å². The van der Waals surface area contributed by atoms with Gasteiger partial charge in [-0.3, -0.25) is 0 Å². The lowest BCUT2D eigenvalue weighted by Gasteiger charge is -2.05. The van der Waals surface area contributed by atoms with Crippen LogP contribution < -0.4 is 5.32 Å². The standard InChI is InChI=1S/C17H23NO/c1-3-5-14-6-8-15(9-7-14)16-10-12-19-17(16)13-18-11-4-2/h6-10,12,18H,3-5,11,13H2,1-2H3. The fourth-order valence-corrected chi connectivity index (χ4v) is 2.25. The number of furan rings is 1. The zero-order chi connectivity index (χ0) is 13.5. The van der Waals surface area contributed by atoms with Gasteiger partial charge in [0.1, 0.15) is 5.76 Å². The fourth-order valence-electron chi connectivity index (χ4n) is 2.25. The van der Waals surface area contributed by atoms with Crippen LogP contribution in [0, 0.1) is 0 Å². The Bertz CT molecular complexity index is 484. The third-order valence-corrected chi connectivity index (χ3v) is 3.26. The highest BCUT2D eigenvalue weighted by Crippen LogP contribution is 2.25. The number of hydrogen-bond acceptors (Lipinski definition) is 2. The molecular formula is C17H23NO. The molecule has 2 nitrogen and oxygen atoms in total. The van der Waals surface area contributed by atoms with E-state index >= 15 is 0 Å². The van der Waals surface area contributed by atoms with Crippen molar-refractivity contribution in [1.82, 2.24) is 5.32 Å². The van der Waals surface area contributed by atoms with Crippen molar-refractivity contribution in [3.05, 3.63) is 47.9 Å². The molecule has 1 heterocycles. The van der Waals surface area contributed by atoms with Gasteiger partial charge >= 0.3 is 0 Å². The van der Waals surface area contributed by atoms with Crippen molar-refractivity contribution in [2.24, 2.45) is 0 Å². The van der Waals surface area contributed by atoms with Crippen LogP contribution in [0.2, 0.25) is 0 Å². The van der Waals surface area contributed by atoms with Gasteiger partial charge in [-0.2, -0.15) is 0 Å². The van der Waals surface area contributed by atoms with E-state index < -0.39 is 0 Å². The molecule has 0 amide bonds. The molecule has 0 spiro atoms. The maximum atomic E-state index is 5.58. The van der Waals surface area contributed by atoms with Crippen molar-refractivity contribution in [1.29, 1.82) is 0 Å². The Hall–Kier alpha value is -1.54. The summed E-state index contributed by atoms with van der Waals surface area (Å²) in [5.41, 5.74) is 3.84. The molecule has 0 bridgehead atoms. The summed E-state index contributed by atoms with van der Waals surface area (Å²) in [5, 5.41) is 3.39. The molecule has 1 aromatic heterocycles. The van der Waals surface area contributed by atoms with E-state index in [0.29, 0.717) is 0 Å². The summed E-state index contributed by atoms with van der Waals surface area (Å²) in [5.74, 6) is 1.02. The molecule has 0 fully saturated rings. The minimum atomic E-state index is 0.798. The molecule has 0 saturated heterocycles. The van der Waals surface area contributed by atoms with Crippen molar-refractivity contribution in [3.8, 4) is 11.1 Å². The molecule has 2 rings (SSSR count). The zero-order valence-electron chi connectivity index (χ0n) is 11.9. The first-order valence-corrected chi connectivity index (χ1v) is 7.21. The first-order valence-electron chi connectivity index (χ1n) is 7.21. The number of benzene rings is 1. The van der Waals surface area contributed by atoms with Crippen molar-refractivity contribution in [2.45, 2.75) is 39.7 Å². The van der Waals surface area contributed by atoms with Gasteiger partial charge in [-0.05, 0) is 36.6 Å². The number of rotatable bonds is 7. The van der Waals surface area contributed by atoms with E-state index in [1.807, 2.05) is 0 Å². The molecule has 102 valence electrons. The van der Waals surface area contributed by atoms with Crippen LogP contribution >= 0.6 is 0 Å². The molecule has 1 aromatic carbocycles. The second-order valence-electron chi connectivity index (χ2n) is 4.88. The van der Waals surface area contributed by atoms with Gasteiger partial charge in [-0.15, -0.1) is 0 Å². The van der Waals surface area contributed by atoms with Crippen molar-refractivity contribution >= 4 is 0 Å².